The lowest BCUT2D eigenvalue weighted by atomic mass is 10.1. The van der Waals surface area contributed by atoms with Crippen LogP contribution in [-0.2, 0) is 18.2 Å². The van der Waals surface area contributed by atoms with Crippen molar-refractivity contribution in [2.75, 3.05) is 12.4 Å². The summed E-state index contributed by atoms with van der Waals surface area (Å²) in [5.74, 6) is -0.665. The van der Waals surface area contributed by atoms with E-state index in [-0.39, 0.29) is 21.9 Å². The van der Waals surface area contributed by atoms with Crippen LogP contribution in [0.5, 0.6) is 5.75 Å². The highest BCUT2D eigenvalue weighted by Gasteiger charge is 2.45. The summed E-state index contributed by atoms with van der Waals surface area (Å²) in [4.78, 5) is 11.2. The van der Waals surface area contributed by atoms with Crippen LogP contribution in [0.25, 0.3) is 0 Å². The van der Waals surface area contributed by atoms with E-state index in [1.807, 2.05) is 0 Å². The molecule has 5 nitrogen and oxygen atoms in total. The van der Waals surface area contributed by atoms with Gasteiger partial charge in [0, 0.05) is 22.3 Å². The van der Waals surface area contributed by atoms with Crippen molar-refractivity contribution in [3.63, 3.8) is 0 Å². The first-order valence-corrected chi connectivity index (χ1v) is 7.61. The molecule has 1 aliphatic heterocycles. The van der Waals surface area contributed by atoms with Crippen molar-refractivity contribution in [2.24, 2.45) is 0 Å². The number of rotatable bonds is 2. The van der Waals surface area contributed by atoms with E-state index in [1.165, 1.54) is 13.2 Å². The van der Waals surface area contributed by atoms with Crippen LogP contribution in [-0.4, -0.2) is 21.4 Å². The van der Waals surface area contributed by atoms with Crippen LogP contribution in [0.15, 0.2) is 17.0 Å². The van der Waals surface area contributed by atoms with Gasteiger partial charge in [0.05, 0.1) is 12.8 Å². The number of hydrogen-bond acceptors (Lipinski definition) is 4. The van der Waals surface area contributed by atoms with E-state index in [1.54, 1.807) is 0 Å². The Morgan fingerprint density at radius 3 is 2.44 bits per heavy atom. The summed E-state index contributed by atoms with van der Waals surface area (Å²) in [7, 11) is 2.51. The fraction of sp³-hybridized carbons (Fsp3) is 0.222. The predicted octanol–water partition coefficient (Wildman–Crippen LogP) is 2.21. The number of alkyl halides is 2. The molecule has 1 heterocycles. The summed E-state index contributed by atoms with van der Waals surface area (Å²) < 4.78 is 25.8. The Bertz CT molecular complexity index is 641. The van der Waals surface area contributed by atoms with Crippen molar-refractivity contribution in [2.45, 2.75) is 9.23 Å². The minimum atomic E-state index is -4.04. The largest absolute Gasteiger partial charge is 0.495 e. The van der Waals surface area contributed by atoms with E-state index in [4.69, 9.17) is 38.6 Å². The molecule has 0 spiro atoms. The number of amides is 1. The molecule has 0 radical (unpaired) electrons. The molecule has 1 amide bonds. The average Bonchev–Trinajstić information content (AvgIpc) is 2.47. The Labute approximate surface area is 117 Å². The summed E-state index contributed by atoms with van der Waals surface area (Å²) >= 11 is 11.7. The second kappa shape index (κ2) is 4.16. The molecule has 1 N–H and O–H groups in total. The Hall–Kier alpha value is -0.690. The van der Waals surface area contributed by atoms with Crippen LogP contribution in [0.3, 0.4) is 0 Å². The summed E-state index contributed by atoms with van der Waals surface area (Å²) in [6, 6.07) is 2.42. The highest BCUT2D eigenvalue weighted by molar-refractivity contribution is 8.13. The zero-order valence-electron chi connectivity index (χ0n) is 8.83. The Morgan fingerprint density at radius 1 is 1.33 bits per heavy atom. The lowest BCUT2D eigenvalue weighted by Crippen LogP contribution is -2.21. The lowest BCUT2D eigenvalue weighted by Gasteiger charge is -2.12. The van der Waals surface area contributed by atoms with Gasteiger partial charge in [0.15, 0.2) is 0 Å². The van der Waals surface area contributed by atoms with Gasteiger partial charge in [0.25, 0.3) is 15.0 Å². The van der Waals surface area contributed by atoms with Gasteiger partial charge in [-0.15, -0.1) is 0 Å². The number of anilines is 1. The Kier molecular flexibility index (Phi) is 3.18. The van der Waals surface area contributed by atoms with Crippen molar-refractivity contribution in [1.82, 2.24) is 0 Å². The van der Waals surface area contributed by atoms with Crippen molar-refractivity contribution in [1.29, 1.82) is 0 Å². The maximum atomic E-state index is 11.5. The van der Waals surface area contributed by atoms with Crippen molar-refractivity contribution >= 4 is 54.5 Å². The van der Waals surface area contributed by atoms with Gasteiger partial charge in [-0.3, -0.25) is 4.79 Å². The van der Waals surface area contributed by atoms with Crippen molar-refractivity contribution in [3.05, 3.63) is 17.7 Å². The standard InChI is InChI=1S/C9H6Cl3NO4S/c1-17-6-3-5-4(2-7(6)18(12,15)16)9(10,11)8(14)13-5/h2-3H,1H3,(H,13,14). The lowest BCUT2D eigenvalue weighted by molar-refractivity contribution is -0.116. The molecule has 98 valence electrons. The summed E-state index contributed by atoms with van der Waals surface area (Å²) in [5, 5.41) is 2.42. The number of benzene rings is 1. The third kappa shape index (κ3) is 2.03. The molecule has 0 unspecified atom stereocenters. The molecule has 18 heavy (non-hydrogen) atoms. The van der Waals surface area contributed by atoms with Crippen LogP contribution in [0.4, 0.5) is 5.69 Å². The molecule has 0 aromatic heterocycles. The maximum Gasteiger partial charge on any atom is 0.265 e. The van der Waals surface area contributed by atoms with Crippen LogP contribution in [0.2, 0.25) is 0 Å². The molecule has 0 bridgehead atoms. The minimum absolute atomic E-state index is 0.00455. The zero-order chi connectivity index (χ0) is 13.7. The average molecular weight is 331 g/mol. The molecular formula is C9H6Cl3NO4S. The van der Waals surface area contributed by atoms with Crippen LogP contribution in [0, 0.1) is 0 Å². The second-order valence-corrected chi connectivity index (χ2v) is 7.38. The van der Waals surface area contributed by atoms with Gasteiger partial charge in [0.1, 0.15) is 10.6 Å². The van der Waals surface area contributed by atoms with Gasteiger partial charge in [-0.2, -0.15) is 0 Å². The van der Waals surface area contributed by atoms with Gasteiger partial charge in [-0.1, -0.05) is 23.2 Å². The van der Waals surface area contributed by atoms with Crippen LogP contribution >= 0.6 is 33.9 Å². The maximum absolute atomic E-state index is 11.5. The van der Waals surface area contributed by atoms with Gasteiger partial charge in [-0.25, -0.2) is 8.42 Å². The molecule has 0 saturated heterocycles. The fourth-order valence-corrected chi connectivity index (χ4v) is 3.01. The fourth-order valence-electron chi connectivity index (χ4n) is 1.60. The molecule has 9 heteroatoms. The van der Waals surface area contributed by atoms with E-state index in [0.29, 0.717) is 0 Å². The third-order valence-corrected chi connectivity index (χ3v) is 4.53. The molecule has 0 atom stereocenters. The van der Waals surface area contributed by atoms with Gasteiger partial charge >= 0.3 is 0 Å². The molecule has 1 aromatic carbocycles. The highest BCUT2D eigenvalue weighted by Crippen LogP contribution is 2.47. The first kappa shape index (κ1) is 13.7. The number of ether oxygens (including phenoxy) is 1. The number of carbonyl (C=O) groups excluding carboxylic acids is 1. The Balaban J connectivity index is 2.75. The molecule has 2 rings (SSSR count). The van der Waals surface area contributed by atoms with E-state index in [0.717, 1.165) is 6.07 Å². The molecule has 0 saturated carbocycles. The zero-order valence-corrected chi connectivity index (χ0v) is 11.9. The van der Waals surface area contributed by atoms with Crippen LogP contribution in [0.1, 0.15) is 5.56 Å². The molecule has 1 aromatic rings. The number of hydrogen-bond donors (Lipinski definition) is 1. The van der Waals surface area contributed by atoms with Crippen LogP contribution < -0.4 is 10.1 Å². The quantitative estimate of drug-likeness (QED) is 0.666. The first-order valence-electron chi connectivity index (χ1n) is 4.54. The van der Waals surface area contributed by atoms with Gasteiger partial charge in [0.2, 0.25) is 4.33 Å². The van der Waals surface area contributed by atoms with Crippen molar-refractivity contribution < 1.29 is 17.9 Å². The normalized spacial score (nSPS) is 17.2. The molecule has 0 aliphatic carbocycles. The molecule has 0 fully saturated rings. The summed E-state index contributed by atoms with van der Waals surface area (Å²) in [6.07, 6.45) is 0. The number of fused-ring (bicyclic) bond motifs is 1. The first-order chi connectivity index (χ1) is 8.17. The number of carbonyl (C=O) groups is 1. The van der Waals surface area contributed by atoms with E-state index < -0.39 is 19.3 Å². The summed E-state index contributed by atoms with van der Waals surface area (Å²) in [6.45, 7) is 0. The Morgan fingerprint density at radius 2 is 1.94 bits per heavy atom. The van der Waals surface area contributed by atoms with Crippen molar-refractivity contribution in [3.8, 4) is 5.75 Å². The molecule has 1 aliphatic rings. The number of nitrogens with one attached hydrogen (secondary N) is 1. The van der Waals surface area contributed by atoms with E-state index in [9.17, 15) is 13.2 Å². The SMILES string of the molecule is COc1cc2c(cc1S(=O)(=O)Cl)C(Cl)(Cl)C(=O)N2. The number of halogens is 3. The van der Waals surface area contributed by atoms with Gasteiger partial charge < -0.3 is 10.1 Å². The third-order valence-electron chi connectivity index (χ3n) is 2.44. The monoisotopic (exact) mass is 329 g/mol. The minimum Gasteiger partial charge on any atom is -0.495 e. The van der Waals surface area contributed by atoms with E-state index >= 15 is 0 Å². The predicted molar refractivity (Wildman–Crippen MR) is 68.0 cm³/mol. The van der Waals surface area contributed by atoms with Gasteiger partial charge in [-0.05, 0) is 6.07 Å². The topological polar surface area (TPSA) is 72.5 Å². The highest BCUT2D eigenvalue weighted by atomic mass is 35.7. The summed E-state index contributed by atoms with van der Waals surface area (Å²) in [5.41, 5.74) is 0.404. The number of methoxy groups -OCH3 is 1. The smallest absolute Gasteiger partial charge is 0.265 e. The van der Waals surface area contributed by atoms with E-state index in [2.05, 4.69) is 5.32 Å². The molecular weight excluding hydrogens is 325 g/mol. The second-order valence-electron chi connectivity index (χ2n) is 3.52.